The summed E-state index contributed by atoms with van der Waals surface area (Å²) in [6.45, 7) is 6.55. The molecule has 82 valence electrons. The minimum absolute atomic E-state index is 0.111. The van der Waals surface area contributed by atoms with Crippen LogP contribution in [0, 0.1) is 0 Å². The number of nitrogens with two attached hydrogens (primary N) is 1. The highest BCUT2D eigenvalue weighted by Crippen LogP contribution is 2.28. The lowest BCUT2D eigenvalue weighted by Gasteiger charge is -2.25. The number of amides is 1. The maximum Gasteiger partial charge on any atom is 0.248 e. The fraction of sp³-hybridized carbons (Fsp3) is 0.462. The number of benzene rings is 1. The van der Waals surface area contributed by atoms with E-state index in [-0.39, 0.29) is 11.3 Å². The first kappa shape index (κ1) is 11.8. The van der Waals surface area contributed by atoms with Crippen molar-refractivity contribution in [1.82, 2.24) is 0 Å². The predicted octanol–water partition coefficient (Wildman–Crippen LogP) is 2.86. The van der Waals surface area contributed by atoms with Gasteiger partial charge in [0.25, 0.3) is 0 Å². The van der Waals surface area contributed by atoms with Gasteiger partial charge >= 0.3 is 0 Å². The fourth-order valence-corrected chi connectivity index (χ4v) is 1.86. The van der Waals surface area contributed by atoms with Crippen LogP contribution in [0.15, 0.2) is 24.3 Å². The number of carbonyl (C=O) groups excluding carboxylic acids is 1. The molecule has 0 unspecified atom stereocenters. The standard InChI is InChI=1S/C13H19NO/c1-4-8-13(2,3)11-7-5-6-10(9-11)12(14)15/h5-7,9H,4,8H2,1-3H3,(H2,14,15). The molecule has 1 rings (SSSR count). The molecule has 2 heteroatoms. The highest BCUT2D eigenvalue weighted by Gasteiger charge is 2.19. The van der Waals surface area contributed by atoms with Gasteiger partial charge in [-0.1, -0.05) is 39.3 Å². The van der Waals surface area contributed by atoms with Gasteiger partial charge in [0.1, 0.15) is 0 Å². The van der Waals surface area contributed by atoms with E-state index >= 15 is 0 Å². The van der Waals surface area contributed by atoms with Crippen molar-refractivity contribution in [3.63, 3.8) is 0 Å². The van der Waals surface area contributed by atoms with E-state index in [0.29, 0.717) is 5.56 Å². The number of hydrogen-bond acceptors (Lipinski definition) is 1. The lowest BCUT2D eigenvalue weighted by molar-refractivity contribution is 0.1000. The van der Waals surface area contributed by atoms with E-state index in [1.54, 1.807) is 6.07 Å². The fourth-order valence-electron chi connectivity index (χ4n) is 1.86. The molecule has 0 spiro atoms. The van der Waals surface area contributed by atoms with Crippen LogP contribution in [0.4, 0.5) is 0 Å². The summed E-state index contributed by atoms with van der Waals surface area (Å²) in [6, 6.07) is 7.61. The van der Waals surface area contributed by atoms with E-state index in [0.717, 1.165) is 12.8 Å². The van der Waals surface area contributed by atoms with Gasteiger partial charge in [-0.2, -0.15) is 0 Å². The smallest absolute Gasteiger partial charge is 0.248 e. The van der Waals surface area contributed by atoms with Crippen molar-refractivity contribution in [3.05, 3.63) is 35.4 Å². The largest absolute Gasteiger partial charge is 0.366 e. The molecule has 1 amide bonds. The molecule has 0 aliphatic heterocycles. The van der Waals surface area contributed by atoms with Gasteiger partial charge in [0.05, 0.1) is 0 Å². The lowest BCUT2D eigenvalue weighted by Crippen LogP contribution is -2.18. The minimum Gasteiger partial charge on any atom is -0.366 e. The molecular formula is C13H19NO. The number of rotatable bonds is 4. The minimum atomic E-state index is -0.357. The van der Waals surface area contributed by atoms with Crippen molar-refractivity contribution >= 4 is 5.91 Å². The summed E-state index contributed by atoms with van der Waals surface area (Å²) in [4.78, 5) is 11.1. The molecule has 0 heterocycles. The van der Waals surface area contributed by atoms with Gasteiger partial charge in [0, 0.05) is 5.56 Å². The Bertz CT molecular complexity index is 355. The number of primary amides is 1. The maximum atomic E-state index is 11.1. The van der Waals surface area contributed by atoms with Crippen molar-refractivity contribution in [2.75, 3.05) is 0 Å². The van der Waals surface area contributed by atoms with E-state index in [2.05, 4.69) is 26.8 Å². The van der Waals surface area contributed by atoms with Crippen LogP contribution in [0.25, 0.3) is 0 Å². The average Bonchev–Trinajstić information content (AvgIpc) is 2.18. The molecule has 0 radical (unpaired) electrons. The molecule has 0 aliphatic carbocycles. The van der Waals surface area contributed by atoms with Crippen LogP contribution in [0.3, 0.4) is 0 Å². The van der Waals surface area contributed by atoms with Crippen LogP contribution in [0.5, 0.6) is 0 Å². The van der Waals surface area contributed by atoms with Gasteiger partial charge in [-0.05, 0) is 29.5 Å². The van der Waals surface area contributed by atoms with Gasteiger partial charge < -0.3 is 5.73 Å². The molecule has 0 aromatic heterocycles. The topological polar surface area (TPSA) is 43.1 Å². The number of hydrogen-bond donors (Lipinski definition) is 1. The highest BCUT2D eigenvalue weighted by molar-refractivity contribution is 5.92. The Hall–Kier alpha value is -1.31. The SMILES string of the molecule is CCCC(C)(C)c1cccc(C(N)=O)c1. The summed E-state index contributed by atoms with van der Waals surface area (Å²) < 4.78 is 0. The second-order valence-corrected chi connectivity index (χ2v) is 4.58. The second kappa shape index (κ2) is 4.47. The van der Waals surface area contributed by atoms with Gasteiger partial charge in [-0.15, -0.1) is 0 Å². The van der Waals surface area contributed by atoms with Crippen LogP contribution in [-0.2, 0) is 5.41 Å². The first-order valence-electron chi connectivity index (χ1n) is 5.37. The second-order valence-electron chi connectivity index (χ2n) is 4.58. The normalized spacial score (nSPS) is 11.4. The zero-order chi connectivity index (χ0) is 11.5. The molecule has 1 aromatic carbocycles. The summed E-state index contributed by atoms with van der Waals surface area (Å²) >= 11 is 0. The molecule has 0 atom stereocenters. The highest BCUT2D eigenvalue weighted by atomic mass is 16.1. The molecule has 15 heavy (non-hydrogen) atoms. The van der Waals surface area contributed by atoms with Crippen LogP contribution in [0.1, 0.15) is 49.5 Å². The quantitative estimate of drug-likeness (QED) is 0.807. The summed E-state index contributed by atoms with van der Waals surface area (Å²) in [5.74, 6) is -0.357. The zero-order valence-corrected chi connectivity index (χ0v) is 9.71. The van der Waals surface area contributed by atoms with E-state index in [1.807, 2.05) is 12.1 Å². The Labute approximate surface area is 91.5 Å². The molecular weight excluding hydrogens is 186 g/mol. The Morgan fingerprint density at radius 1 is 1.40 bits per heavy atom. The monoisotopic (exact) mass is 205 g/mol. The Morgan fingerprint density at radius 3 is 2.60 bits per heavy atom. The molecule has 0 bridgehead atoms. The van der Waals surface area contributed by atoms with E-state index < -0.39 is 0 Å². The summed E-state index contributed by atoms with van der Waals surface area (Å²) in [6.07, 6.45) is 2.24. The summed E-state index contributed by atoms with van der Waals surface area (Å²) in [5.41, 5.74) is 7.15. The average molecular weight is 205 g/mol. The molecule has 0 aliphatic rings. The molecule has 1 aromatic rings. The molecule has 0 saturated heterocycles. The summed E-state index contributed by atoms with van der Waals surface area (Å²) in [5, 5.41) is 0. The third-order valence-corrected chi connectivity index (χ3v) is 2.80. The molecule has 2 nitrogen and oxygen atoms in total. The zero-order valence-electron chi connectivity index (χ0n) is 9.71. The Balaban J connectivity index is 3.04. The van der Waals surface area contributed by atoms with Crippen molar-refractivity contribution in [3.8, 4) is 0 Å². The molecule has 2 N–H and O–H groups in total. The van der Waals surface area contributed by atoms with Crippen LogP contribution >= 0.6 is 0 Å². The van der Waals surface area contributed by atoms with Gasteiger partial charge in [-0.25, -0.2) is 0 Å². The first-order chi connectivity index (χ1) is 6.97. The Morgan fingerprint density at radius 2 is 2.07 bits per heavy atom. The number of carbonyl (C=O) groups is 1. The third-order valence-electron chi connectivity index (χ3n) is 2.80. The Kier molecular flexibility index (Phi) is 3.51. The summed E-state index contributed by atoms with van der Waals surface area (Å²) in [7, 11) is 0. The predicted molar refractivity (Wildman–Crippen MR) is 62.9 cm³/mol. The van der Waals surface area contributed by atoms with Gasteiger partial charge in [0.2, 0.25) is 5.91 Å². The van der Waals surface area contributed by atoms with Gasteiger partial charge in [-0.3, -0.25) is 4.79 Å². The maximum absolute atomic E-state index is 11.1. The van der Waals surface area contributed by atoms with Crippen molar-refractivity contribution in [1.29, 1.82) is 0 Å². The van der Waals surface area contributed by atoms with Crippen molar-refractivity contribution < 1.29 is 4.79 Å². The van der Waals surface area contributed by atoms with Crippen molar-refractivity contribution in [2.45, 2.75) is 39.0 Å². The van der Waals surface area contributed by atoms with Gasteiger partial charge in [0.15, 0.2) is 0 Å². The van der Waals surface area contributed by atoms with E-state index in [9.17, 15) is 4.79 Å². The van der Waals surface area contributed by atoms with Crippen LogP contribution < -0.4 is 5.73 Å². The lowest BCUT2D eigenvalue weighted by atomic mass is 9.80. The van der Waals surface area contributed by atoms with E-state index in [4.69, 9.17) is 5.73 Å². The van der Waals surface area contributed by atoms with Crippen LogP contribution in [0.2, 0.25) is 0 Å². The third kappa shape index (κ3) is 2.82. The van der Waals surface area contributed by atoms with Crippen molar-refractivity contribution in [2.24, 2.45) is 5.73 Å². The first-order valence-corrected chi connectivity index (χ1v) is 5.37. The molecule has 0 saturated carbocycles. The van der Waals surface area contributed by atoms with E-state index in [1.165, 1.54) is 5.56 Å². The molecule has 0 fully saturated rings. The van der Waals surface area contributed by atoms with Crippen LogP contribution in [-0.4, -0.2) is 5.91 Å².